The molecule has 3 heteroatoms. The van der Waals surface area contributed by atoms with E-state index in [0.717, 1.165) is 12.8 Å². The molecule has 0 aromatic rings. The van der Waals surface area contributed by atoms with Crippen LogP contribution in [0.25, 0.3) is 0 Å². The number of hydrogen-bond acceptors (Lipinski definition) is 2. The Balaban J connectivity index is 0. The normalized spacial score (nSPS) is 8.18. The first-order chi connectivity index (χ1) is 4.68. The van der Waals surface area contributed by atoms with Crippen LogP contribution in [0.3, 0.4) is 0 Å². The Kier molecular flexibility index (Phi) is 9.18. The SMILES string of the molecule is C=C(C)C(=O)OCCCC.S. The molecule has 0 bridgehead atoms. The number of rotatable bonds is 4. The van der Waals surface area contributed by atoms with Crippen LogP contribution in [0.15, 0.2) is 12.2 Å². The van der Waals surface area contributed by atoms with Crippen molar-refractivity contribution in [2.75, 3.05) is 6.61 Å². The van der Waals surface area contributed by atoms with Crippen LogP contribution in [0.4, 0.5) is 0 Å². The lowest BCUT2D eigenvalue weighted by Crippen LogP contribution is -2.05. The Morgan fingerprint density at radius 3 is 2.45 bits per heavy atom. The maximum absolute atomic E-state index is 10.7. The van der Waals surface area contributed by atoms with E-state index in [9.17, 15) is 4.79 Å². The van der Waals surface area contributed by atoms with E-state index < -0.39 is 0 Å². The van der Waals surface area contributed by atoms with E-state index >= 15 is 0 Å². The van der Waals surface area contributed by atoms with Crippen LogP contribution in [0, 0.1) is 0 Å². The van der Waals surface area contributed by atoms with Crippen molar-refractivity contribution in [3.63, 3.8) is 0 Å². The zero-order chi connectivity index (χ0) is 7.98. The second kappa shape index (κ2) is 7.66. The highest BCUT2D eigenvalue weighted by molar-refractivity contribution is 7.59. The summed E-state index contributed by atoms with van der Waals surface area (Å²) in [4.78, 5) is 10.7. The second-order valence-electron chi connectivity index (χ2n) is 2.27. The van der Waals surface area contributed by atoms with E-state index in [1.54, 1.807) is 6.92 Å². The van der Waals surface area contributed by atoms with E-state index in [2.05, 4.69) is 13.5 Å². The molecule has 0 saturated carbocycles. The lowest BCUT2D eigenvalue weighted by molar-refractivity contribution is -0.139. The maximum Gasteiger partial charge on any atom is 0.333 e. The highest BCUT2D eigenvalue weighted by atomic mass is 32.1. The number of unbranched alkanes of at least 4 members (excludes halogenated alkanes) is 1. The lowest BCUT2D eigenvalue weighted by atomic mass is 10.3. The number of esters is 1. The number of carbonyl (C=O) groups excluding carboxylic acids is 1. The quantitative estimate of drug-likeness (QED) is 0.372. The minimum atomic E-state index is -0.284. The third-order valence-electron chi connectivity index (χ3n) is 1.08. The number of carbonyl (C=O) groups is 1. The fraction of sp³-hybridized carbons (Fsp3) is 0.625. The first-order valence-electron chi connectivity index (χ1n) is 3.51. The van der Waals surface area contributed by atoms with Gasteiger partial charge in [-0.2, -0.15) is 13.5 Å². The van der Waals surface area contributed by atoms with Gasteiger partial charge < -0.3 is 4.74 Å². The second-order valence-corrected chi connectivity index (χ2v) is 2.27. The Labute approximate surface area is 75.1 Å². The molecule has 0 aromatic carbocycles. The van der Waals surface area contributed by atoms with Crippen LogP contribution in [0.1, 0.15) is 26.7 Å². The molecule has 0 heterocycles. The van der Waals surface area contributed by atoms with Crippen molar-refractivity contribution >= 4 is 19.5 Å². The van der Waals surface area contributed by atoms with Gasteiger partial charge in [0.25, 0.3) is 0 Å². The Bertz CT molecular complexity index is 132. The van der Waals surface area contributed by atoms with Crippen molar-refractivity contribution in [2.24, 2.45) is 0 Å². The fourth-order valence-electron chi connectivity index (χ4n) is 0.432. The standard InChI is InChI=1S/C8H14O2.H2S/c1-4-5-6-10-8(9)7(2)3;/h2,4-6H2,1,3H3;1H2. The lowest BCUT2D eigenvalue weighted by Gasteiger charge is -2.01. The van der Waals surface area contributed by atoms with Crippen LogP contribution in [-0.4, -0.2) is 12.6 Å². The van der Waals surface area contributed by atoms with Gasteiger partial charge in [-0.25, -0.2) is 4.79 Å². The van der Waals surface area contributed by atoms with E-state index in [1.165, 1.54) is 0 Å². The molecule has 0 aliphatic carbocycles. The van der Waals surface area contributed by atoms with Gasteiger partial charge in [0.05, 0.1) is 6.61 Å². The molecule has 0 aliphatic heterocycles. The summed E-state index contributed by atoms with van der Waals surface area (Å²) >= 11 is 0. The molecule has 0 aliphatic rings. The van der Waals surface area contributed by atoms with Crippen LogP contribution < -0.4 is 0 Å². The van der Waals surface area contributed by atoms with Gasteiger partial charge in [0.1, 0.15) is 0 Å². The van der Waals surface area contributed by atoms with Crippen molar-refractivity contribution in [3.05, 3.63) is 12.2 Å². The summed E-state index contributed by atoms with van der Waals surface area (Å²) in [6.45, 7) is 7.67. The summed E-state index contributed by atoms with van der Waals surface area (Å²) in [7, 11) is 0. The molecule has 0 rings (SSSR count). The van der Waals surface area contributed by atoms with E-state index in [-0.39, 0.29) is 19.5 Å². The molecule has 0 radical (unpaired) electrons. The molecule has 66 valence electrons. The van der Waals surface area contributed by atoms with Crippen molar-refractivity contribution < 1.29 is 9.53 Å². The minimum Gasteiger partial charge on any atom is -0.462 e. The summed E-state index contributed by atoms with van der Waals surface area (Å²) in [5.41, 5.74) is 0.469. The van der Waals surface area contributed by atoms with Gasteiger partial charge in [-0.3, -0.25) is 0 Å². The summed E-state index contributed by atoms with van der Waals surface area (Å²) < 4.78 is 4.81. The molecule has 0 saturated heterocycles. The minimum absolute atomic E-state index is 0. The predicted octanol–water partition coefficient (Wildman–Crippen LogP) is 2.02. The largest absolute Gasteiger partial charge is 0.462 e. The van der Waals surface area contributed by atoms with Crippen molar-refractivity contribution in [1.82, 2.24) is 0 Å². The molecular formula is C8H16O2S. The monoisotopic (exact) mass is 176 g/mol. The number of ether oxygens (including phenoxy) is 1. The molecule has 0 aromatic heterocycles. The molecule has 11 heavy (non-hydrogen) atoms. The molecular weight excluding hydrogens is 160 g/mol. The van der Waals surface area contributed by atoms with Gasteiger partial charge in [-0.1, -0.05) is 19.9 Å². The average molecular weight is 176 g/mol. The molecule has 0 spiro atoms. The highest BCUT2D eigenvalue weighted by Crippen LogP contribution is 1.94. The Hall–Kier alpha value is -0.440. The first-order valence-corrected chi connectivity index (χ1v) is 3.51. The molecule has 0 fully saturated rings. The van der Waals surface area contributed by atoms with Gasteiger partial charge in [0.15, 0.2) is 0 Å². The van der Waals surface area contributed by atoms with Crippen LogP contribution in [0.2, 0.25) is 0 Å². The third-order valence-corrected chi connectivity index (χ3v) is 1.08. The fourth-order valence-corrected chi connectivity index (χ4v) is 0.432. The zero-order valence-electron chi connectivity index (χ0n) is 7.14. The maximum atomic E-state index is 10.7. The highest BCUT2D eigenvalue weighted by Gasteiger charge is 2.00. The van der Waals surface area contributed by atoms with E-state index in [1.807, 2.05) is 0 Å². The average Bonchev–Trinajstić information content (AvgIpc) is 1.88. The molecule has 0 amide bonds. The summed E-state index contributed by atoms with van der Waals surface area (Å²) in [6.07, 6.45) is 1.97. The van der Waals surface area contributed by atoms with Gasteiger partial charge in [0, 0.05) is 5.57 Å². The molecule has 0 atom stereocenters. The predicted molar refractivity (Wildman–Crippen MR) is 51.1 cm³/mol. The van der Waals surface area contributed by atoms with Crippen LogP contribution in [-0.2, 0) is 9.53 Å². The molecule has 2 nitrogen and oxygen atoms in total. The Morgan fingerprint density at radius 1 is 1.55 bits per heavy atom. The van der Waals surface area contributed by atoms with Crippen LogP contribution in [0.5, 0.6) is 0 Å². The van der Waals surface area contributed by atoms with Gasteiger partial charge >= 0.3 is 5.97 Å². The first kappa shape index (κ1) is 13.2. The summed E-state index contributed by atoms with van der Waals surface area (Å²) in [5, 5.41) is 0. The van der Waals surface area contributed by atoms with E-state index in [4.69, 9.17) is 4.74 Å². The third kappa shape index (κ3) is 7.46. The molecule has 0 unspecified atom stereocenters. The van der Waals surface area contributed by atoms with Gasteiger partial charge in [-0.15, -0.1) is 0 Å². The topological polar surface area (TPSA) is 26.3 Å². The van der Waals surface area contributed by atoms with Crippen LogP contribution >= 0.6 is 13.5 Å². The van der Waals surface area contributed by atoms with Crippen molar-refractivity contribution in [2.45, 2.75) is 26.7 Å². The van der Waals surface area contributed by atoms with Crippen molar-refractivity contribution in [3.8, 4) is 0 Å². The Morgan fingerprint density at radius 2 is 2.09 bits per heavy atom. The number of hydrogen-bond donors (Lipinski definition) is 0. The summed E-state index contributed by atoms with van der Waals surface area (Å²) in [5.74, 6) is -0.284. The summed E-state index contributed by atoms with van der Waals surface area (Å²) in [6, 6.07) is 0. The smallest absolute Gasteiger partial charge is 0.333 e. The van der Waals surface area contributed by atoms with Gasteiger partial charge in [0.2, 0.25) is 0 Å². The van der Waals surface area contributed by atoms with Gasteiger partial charge in [-0.05, 0) is 13.3 Å². The van der Waals surface area contributed by atoms with Crippen molar-refractivity contribution in [1.29, 1.82) is 0 Å². The van der Waals surface area contributed by atoms with E-state index in [0.29, 0.717) is 12.2 Å². The molecule has 0 N–H and O–H groups in total. The zero-order valence-corrected chi connectivity index (χ0v) is 8.14.